The van der Waals surface area contributed by atoms with Crippen LogP contribution in [0, 0.1) is 11.8 Å². The summed E-state index contributed by atoms with van der Waals surface area (Å²) in [7, 11) is 0. The van der Waals surface area contributed by atoms with Crippen LogP contribution < -0.4 is 5.32 Å². The lowest BCUT2D eigenvalue weighted by Crippen LogP contribution is -2.46. The van der Waals surface area contributed by atoms with E-state index in [2.05, 4.69) is 26.1 Å². The standard InChI is InChI=1S/C15H28N2O/c1-4-17(13-8-9-13)15(18)10-16-14-7-5-6-11(2)12(14)3/h11-14,16H,4-10H2,1-3H3. The van der Waals surface area contributed by atoms with Crippen LogP contribution in [0.3, 0.4) is 0 Å². The molecule has 0 bridgehead atoms. The molecule has 2 aliphatic rings. The van der Waals surface area contributed by atoms with Crippen LogP contribution in [-0.2, 0) is 4.79 Å². The summed E-state index contributed by atoms with van der Waals surface area (Å²) in [6, 6.07) is 1.09. The van der Waals surface area contributed by atoms with Crippen molar-refractivity contribution >= 4 is 5.91 Å². The molecule has 3 unspecified atom stereocenters. The largest absolute Gasteiger partial charge is 0.339 e. The fraction of sp³-hybridized carbons (Fsp3) is 0.933. The van der Waals surface area contributed by atoms with E-state index >= 15 is 0 Å². The number of hydrogen-bond donors (Lipinski definition) is 1. The number of hydrogen-bond acceptors (Lipinski definition) is 2. The quantitative estimate of drug-likeness (QED) is 0.815. The fourth-order valence-electron chi connectivity index (χ4n) is 3.21. The van der Waals surface area contributed by atoms with Gasteiger partial charge in [-0.3, -0.25) is 4.79 Å². The van der Waals surface area contributed by atoms with Crippen LogP contribution in [0.2, 0.25) is 0 Å². The molecule has 0 radical (unpaired) electrons. The van der Waals surface area contributed by atoms with Gasteiger partial charge in [0.25, 0.3) is 0 Å². The van der Waals surface area contributed by atoms with Crippen molar-refractivity contribution in [1.82, 2.24) is 10.2 Å². The van der Waals surface area contributed by atoms with E-state index in [1.54, 1.807) is 0 Å². The molecule has 0 spiro atoms. The Morgan fingerprint density at radius 2 is 1.94 bits per heavy atom. The molecule has 3 heteroatoms. The Hall–Kier alpha value is -0.570. The minimum atomic E-state index is 0.297. The molecule has 2 rings (SSSR count). The second-order valence-electron chi connectivity index (χ2n) is 6.17. The molecule has 1 amide bonds. The molecule has 0 aromatic rings. The molecule has 18 heavy (non-hydrogen) atoms. The SMILES string of the molecule is CCN(C(=O)CNC1CCCC(C)C1C)C1CC1. The van der Waals surface area contributed by atoms with Gasteiger partial charge < -0.3 is 10.2 Å². The number of likely N-dealkylation sites (N-methyl/N-ethyl adjacent to an activating group) is 1. The third kappa shape index (κ3) is 3.25. The van der Waals surface area contributed by atoms with Crippen LogP contribution in [0.5, 0.6) is 0 Å². The summed E-state index contributed by atoms with van der Waals surface area (Å²) in [6.07, 6.45) is 6.29. The molecule has 2 fully saturated rings. The first-order valence-corrected chi connectivity index (χ1v) is 7.66. The van der Waals surface area contributed by atoms with Crippen molar-refractivity contribution in [1.29, 1.82) is 0 Å². The highest BCUT2D eigenvalue weighted by Crippen LogP contribution is 2.30. The smallest absolute Gasteiger partial charge is 0.236 e. The van der Waals surface area contributed by atoms with Crippen molar-refractivity contribution in [2.75, 3.05) is 13.1 Å². The zero-order valence-electron chi connectivity index (χ0n) is 12.1. The molecule has 0 aromatic carbocycles. The van der Waals surface area contributed by atoms with Gasteiger partial charge in [-0.05, 0) is 38.0 Å². The maximum Gasteiger partial charge on any atom is 0.236 e. The van der Waals surface area contributed by atoms with Crippen molar-refractivity contribution in [3.8, 4) is 0 Å². The topological polar surface area (TPSA) is 32.3 Å². The van der Waals surface area contributed by atoms with E-state index in [0.29, 0.717) is 30.5 Å². The number of nitrogens with zero attached hydrogens (tertiary/aromatic N) is 1. The summed E-state index contributed by atoms with van der Waals surface area (Å²) in [4.78, 5) is 14.2. The van der Waals surface area contributed by atoms with Crippen LogP contribution in [0.25, 0.3) is 0 Å². The number of carbonyl (C=O) groups is 1. The Balaban J connectivity index is 1.77. The summed E-state index contributed by atoms with van der Waals surface area (Å²) in [5.74, 6) is 1.78. The highest BCUT2D eigenvalue weighted by Gasteiger charge is 2.32. The number of rotatable bonds is 5. The minimum absolute atomic E-state index is 0.297. The van der Waals surface area contributed by atoms with Crippen molar-refractivity contribution < 1.29 is 4.79 Å². The third-order valence-corrected chi connectivity index (χ3v) is 4.87. The van der Waals surface area contributed by atoms with Gasteiger partial charge in [-0.15, -0.1) is 0 Å². The molecular weight excluding hydrogens is 224 g/mol. The Bertz CT molecular complexity index is 288. The van der Waals surface area contributed by atoms with Gasteiger partial charge in [-0.25, -0.2) is 0 Å². The zero-order chi connectivity index (χ0) is 13.1. The average Bonchev–Trinajstić information content (AvgIpc) is 3.16. The highest BCUT2D eigenvalue weighted by molar-refractivity contribution is 5.78. The van der Waals surface area contributed by atoms with Crippen LogP contribution in [0.1, 0.15) is 52.9 Å². The van der Waals surface area contributed by atoms with Crippen LogP contribution in [-0.4, -0.2) is 36.0 Å². The van der Waals surface area contributed by atoms with Crippen LogP contribution >= 0.6 is 0 Å². The molecule has 2 aliphatic carbocycles. The summed E-state index contributed by atoms with van der Waals surface area (Å²) in [5, 5.41) is 3.51. The van der Waals surface area contributed by atoms with E-state index in [4.69, 9.17) is 0 Å². The molecule has 0 heterocycles. The average molecular weight is 252 g/mol. The summed E-state index contributed by atoms with van der Waals surface area (Å²) < 4.78 is 0. The van der Waals surface area contributed by atoms with Crippen molar-refractivity contribution in [3.63, 3.8) is 0 Å². The second kappa shape index (κ2) is 6.05. The Labute approximate surface area is 111 Å². The minimum Gasteiger partial charge on any atom is -0.339 e. The second-order valence-corrected chi connectivity index (χ2v) is 6.17. The van der Waals surface area contributed by atoms with Crippen LogP contribution in [0.15, 0.2) is 0 Å². The first kappa shape index (κ1) is 13.9. The summed E-state index contributed by atoms with van der Waals surface area (Å²) in [5.41, 5.74) is 0. The maximum atomic E-state index is 12.2. The Kier molecular flexibility index (Phi) is 4.66. The molecule has 1 N–H and O–H groups in total. The summed E-state index contributed by atoms with van der Waals surface area (Å²) in [6.45, 7) is 8.14. The monoisotopic (exact) mass is 252 g/mol. The summed E-state index contributed by atoms with van der Waals surface area (Å²) >= 11 is 0. The molecule has 3 nitrogen and oxygen atoms in total. The van der Waals surface area contributed by atoms with Gasteiger partial charge in [0.05, 0.1) is 6.54 Å². The van der Waals surface area contributed by atoms with Gasteiger partial charge in [0, 0.05) is 18.6 Å². The van der Waals surface area contributed by atoms with Gasteiger partial charge in [0.1, 0.15) is 0 Å². The van der Waals surface area contributed by atoms with Crippen molar-refractivity contribution in [3.05, 3.63) is 0 Å². The van der Waals surface area contributed by atoms with Crippen molar-refractivity contribution in [2.24, 2.45) is 11.8 Å². The van der Waals surface area contributed by atoms with Gasteiger partial charge in [0.2, 0.25) is 5.91 Å². The van der Waals surface area contributed by atoms with Gasteiger partial charge in [-0.1, -0.05) is 26.7 Å². The predicted octanol–water partition coefficient (Wildman–Crippen LogP) is 2.41. The van der Waals surface area contributed by atoms with E-state index in [1.165, 1.54) is 32.1 Å². The maximum absolute atomic E-state index is 12.2. The first-order chi connectivity index (χ1) is 8.63. The van der Waals surface area contributed by atoms with E-state index in [1.807, 2.05) is 4.90 Å². The van der Waals surface area contributed by atoms with E-state index in [0.717, 1.165) is 12.5 Å². The Morgan fingerprint density at radius 3 is 2.56 bits per heavy atom. The van der Waals surface area contributed by atoms with Gasteiger partial charge >= 0.3 is 0 Å². The number of nitrogens with one attached hydrogen (secondary N) is 1. The zero-order valence-corrected chi connectivity index (χ0v) is 12.1. The first-order valence-electron chi connectivity index (χ1n) is 7.66. The lowest BCUT2D eigenvalue weighted by molar-refractivity contribution is -0.130. The van der Waals surface area contributed by atoms with E-state index in [-0.39, 0.29) is 0 Å². The highest BCUT2D eigenvalue weighted by atomic mass is 16.2. The number of amides is 1. The molecule has 2 saturated carbocycles. The molecule has 0 saturated heterocycles. The normalized spacial score (nSPS) is 32.3. The van der Waals surface area contributed by atoms with Gasteiger partial charge in [-0.2, -0.15) is 0 Å². The third-order valence-electron chi connectivity index (χ3n) is 4.87. The van der Waals surface area contributed by atoms with Crippen LogP contribution in [0.4, 0.5) is 0 Å². The molecule has 104 valence electrons. The molecule has 0 aromatic heterocycles. The lowest BCUT2D eigenvalue weighted by Gasteiger charge is -2.35. The van der Waals surface area contributed by atoms with Gasteiger partial charge in [0.15, 0.2) is 0 Å². The number of carbonyl (C=O) groups excluding carboxylic acids is 1. The fourth-order valence-corrected chi connectivity index (χ4v) is 3.21. The molecular formula is C15H28N2O. The Morgan fingerprint density at radius 1 is 1.22 bits per heavy atom. The van der Waals surface area contributed by atoms with Crippen molar-refractivity contribution in [2.45, 2.75) is 65.0 Å². The molecule has 0 aliphatic heterocycles. The van der Waals surface area contributed by atoms with E-state index in [9.17, 15) is 4.79 Å². The predicted molar refractivity (Wildman–Crippen MR) is 74.4 cm³/mol. The molecule has 3 atom stereocenters. The lowest BCUT2D eigenvalue weighted by atomic mass is 9.78. The van der Waals surface area contributed by atoms with E-state index < -0.39 is 0 Å².